The summed E-state index contributed by atoms with van der Waals surface area (Å²) in [6.45, 7) is 3.51. The molecule has 0 amide bonds. The highest BCUT2D eigenvalue weighted by Gasteiger charge is 2.35. The van der Waals surface area contributed by atoms with E-state index in [0.717, 1.165) is 19.4 Å². The maximum atomic E-state index is 4.79. The van der Waals surface area contributed by atoms with Gasteiger partial charge < -0.3 is 5.73 Å². The van der Waals surface area contributed by atoms with Crippen LogP contribution in [0.2, 0.25) is 0 Å². The summed E-state index contributed by atoms with van der Waals surface area (Å²) in [6, 6.07) is 8.77. The Kier molecular flexibility index (Phi) is 4.19. The zero-order valence-corrected chi connectivity index (χ0v) is 11.4. The van der Waals surface area contributed by atoms with Crippen LogP contribution in [0.1, 0.15) is 24.5 Å². The van der Waals surface area contributed by atoms with Gasteiger partial charge in [0.15, 0.2) is 0 Å². The first-order chi connectivity index (χ1) is 9.22. The van der Waals surface area contributed by atoms with Gasteiger partial charge in [-0.1, -0.05) is 42.3 Å². The zero-order valence-electron chi connectivity index (χ0n) is 11.4. The first-order valence-corrected chi connectivity index (χ1v) is 6.66. The Balaban J connectivity index is 0.000000297. The number of allylic oxidation sites excluding steroid dienone is 1. The largest absolute Gasteiger partial charge is 0.320 e. The van der Waals surface area contributed by atoms with Crippen LogP contribution in [0.25, 0.3) is 0 Å². The van der Waals surface area contributed by atoms with E-state index in [1.165, 1.54) is 16.8 Å². The Morgan fingerprint density at radius 3 is 2.84 bits per heavy atom. The van der Waals surface area contributed by atoms with Crippen LogP contribution in [0.4, 0.5) is 0 Å². The molecule has 3 rings (SSSR count). The van der Waals surface area contributed by atoms with Crippen molar-refractivity contribution in [1.29, 1.82) is 0 Å². The fourth-order valence-corrected chi connectivity index (χ4v) is 2.79. The van der Waals surface area contributed by atoms with Crippen LogP contribution in [0.5, 0.6) is 0 Å². The highest BCUT2D eigenvalue weighted by Crippen LogP contribution is 2.37. The van der Waals surface area contributed by atoms with E-state index in [0.29, 0.717) is 6.54 Å². The highest BCUT2D eigenvalue weighted by molar-refractivity contribution is 5.99. The van der Waals surface area contributed by atoms with Crippen molar-refractivity contribution in [3.05, 3.63) is 47.5 Å². The van der Waals surface area contributed by atoms with Crippen molar-refractivity contribution in [3.63, 3.8) is 0 Å². The van der Waals surface area contributed by atoms with Crippen LogP contribution in [0.15, 0.2) is 41.4 Å². The molecule has 0 fully saturated rings. The fourth-order valence-electron chi connectivity index (χ4n) is 2.79. The van der Waals surface area contributed by atoms with Gasteiger partial charge in [-0.25, -0.2) is 0 Å². The highest BCUT2D eigenvalue weighted by atomic mass is 14.8. The summed E-state index contributed by atoms with van der Waals surface area (Å²) < 4.78 is 0. The van der Waals surface area contributed by atoms with E-state index in [2.05, 4.69) is 60.7 Å². The van der Waals surface area contributed by atoms with Crippen molar-refractivity contribution in [3.8, 4) is 12.3 Å². The molecule has 1 aromatic rings. The maximum absolute atomic E-state index is 4.79. The van der Waals surface area contributed by atoms with Gasteiger partial charge in [-0.05, 0) is 30.9 Å². The summed E-state index contributed by atoms with van der Waals surface area (Å²) in [5.41, 5.74) is 9.17. The Morgan fingerprint density at radius 2 is 2.11 bits per heavy atom. The Hall–Kier alpha value is -1.85. The molecule has 19 heavy (non-hydrogen) atoms. The maximum Gasteiger partial charge on any atom is 0.0570 e. The molecule has 0 spiro atoms. The van der Waals surface area contributed by atoms with E-state index >= 15 is 0 Å². The minimum Gasteiger partial charge on any atom is -0.320 e. The quantitative estimate of drug-likeness (QED) is 0.559. The number of hydrogen-bond donors (Lipinski definition) is 1. The second-order valence-corrected chi connectivity index (χ2v) is 4.96. The number of nitrogens with zero attached hydrogens (tertiary/aromatic N) is 1. The van der Waals surface area contributed by atoms with Gasteiger partial charge in [0, 0.05) is 11.1 Å². The molecule has 0 bridgehead atoms. The molecule has 2 aliphatic rings. The molecule has 0 saturated carbocycles. The minimum atomic E-state index is 0.0765. The molecular weight excluding hydrogens is 232 g/mol. The third-order valence-electron chi connectivity index (χ3n) is 3.76. The lowest BCUT2D eigenvalue weighted by molar-refractivity contribution is 0.709. The fraction of sp³-hybridized carbons (Fsp3) is 0.353. The molecule has 1 aromatic carbocycles. The average Bonchev–Trinajstić information content (AvgIpc) is 2.47. The summed E-state index contributed by atoms with van der Waals surface area (Å²) in [4.78, 5) is 4.65. The molecule has 1 aliphatic heterocycles. The predicted octanol–water partition coefficient (Wildman–Crippen LogP) is 2.48. The lowest BCUT2D eigenvalue weighted by atomic mass is 9.69. The van der Waals surface area contributed by atoms with E-state index in [4.69, 9.17) is 5.73 Å². The summed E-state index contributed by atoms with van der Waals surface area (Å²) in [7, 11) is 0. The molecule has 1 unspecified atom stereocenters. The molecular formula is C17H20N2. The molecule has 98 valence electrons. The van der Waals surface area contributed by atoms with Gasteiger partial charge in [0.25, 0.3) is 0 Å². The third-order valence-corrected chi connectivity index (χ3v) is 3.76. The van der Waals surface area contributed by atoms with E-state index in [-0.39, 0.29) is 5.41 Å². The van der Waals surface area contributed by atoms with Crippen LogP contribution in [-0.2, 0) is 11.8 Å². The van der Waals surface area contributed by atoms with Crippen LogP contribution >= 0.6 is 0 Å². The molecule has 0 saturated heterocycles. The molecule has 2 heteroatoms. The van der Waals surface area contributed by atoms with E-state index < -0.39 is 0 Å². The van der Waals surface area contributed by atoms with Gasteiger partial charge in [-0.2, -0.15) is 0 Å². The first-order valence-electron chi connectivity index (χ1n) is 6.66. The Bertz CT molecular complexity index is 549. The van der Waals surface area contributed by atoms with Gasteiger partial charge in [-0.15, -0.1) is 6.42 Å². The summed E-state index contributed by atoms with van der Waals surface area (Å²) in [5.74, 6) is 2.21. The summed E-state index contributed by atoms with van der Waals surface area (Å²) >= 11 is 0. The van der Waals surface area contributed by atoms with E-state index in [1.54, 1.807) is 0 Å². The predicted molar refractivity (Wildman–Crippen MR) is 81.4 cm³/mol. The second kappa shape index (κ2) is 5.86. The van der Waals surface area contributed by atoms with Crippen molar-refractivity contribution in [2.75, 3.05) is 13.1 Å². The topological polar surface area (TPSA) is 38.4 Å². The van der Waals surface area contributed by atoms with Crippen molar-refractivity contribution >= 4 is 5.71 Å². The van der Waals surface area contributed by atoms with Gasteiger partial charge in [0.2, 0.25) is 0 Å². The molecule has 0 radical (unpaired) electrons. The van der Waals surface area contributed by atoms with Crippen molar-refractivity contribution < 1.29 is 0 Å². The molecule has 2 N–H and O–H groups in total. The van der Waals surface area contributed by atoms with Crippen LogP contribution < -0.4 is 5.73 Å². The molecule has 2 nitrogen and oxygen atoms in total. The van der Waals surface area contributed by atoms with Gasteiger partial charge in [-0.3, -0.25) is 4.99 Å². The number of aryl methyl sites for hydroxylation is 1. The minimum absolute atomic E-state index is 0.0765. The molecule has 1 atom stereocenters. The van der Waals surface area contributed by atoms with Gasteiger partial charge in [0.1, 0.15) is 0 Å². The lowest BCUT2D eigenvalue weighted by Gasteiger charge is -2.36. The summed E-state index contributed by atoms with van der Waals surface area (Å²) in [5, 5.41) is 0. The van der Waals surface area contributed by atoms with Gasteiger partial charge >= 0.3 is 0 Å². The number of dihydropyridines is 1. The molecule has 1 aliphatic carbocycles. The number of aliphatic imine (C=N–C) groups is 1. The number of nitrogens with two attached hydrogens (primary N) is 1. The normalized spacial score (nSPS) is 23.1. The lowest BCUT2D eigenvalue weighted by Crippen LogP contribution is -2.37. The monoisotopic (exact) mass is 252 g/mol. The van der Waals surface area contributed by atoms with E-state index in [9.17, 15) is 0 Å². The Morgan fingerprint density at radius 1 is 1.37 bits per heavy atom. The number of hydrogen-bond acceptors (Lipinski definition) is 2. The smallest absolute Gasteiger partial charge is 0.0570 e. The molecule has 0 aromatic heterocycles. The van der Waals surface area contributed by atoms with Crippen molar-refractivity contribution in [1.82, 2.24) is 0 Å². The van der Waals surface area contributed by atoms with Crippen molar-refractivity contribution in [2.45, 2.75) is 25.2 Å². The Labute approximate surface area is 115 Å². The number of terminal acetylenes is 1. The standard InChI is InChI=1S/C14H15N.C3H5N/c1-14-9-4-10-15-13(14)8-7-11-5-2-3-6-12(11)14;1-2-3-4/h2-6,9H,7-8,10H2,1H3;1H,3-4H2. The number of benzene rings is 1. The van der Waals surface area contributed by atoms with Crippen LogP contribution in [0.3, 0.4) is 0 Å². The second-order valence-electron chi connectivity index (χ2n) is 4.96. The zero-order chi connectivity index (χ0) is 13.7. The number of rotatable bonds is 0. The summed E-state index contributed by atoms with van der Waals surface area (Å²) in [6.07, 6.45) is 11.4. The average molecular weight is 252 g/mol. The molecule has 1 heterocycles. The third kappa shape index (κ3) is 2.62. The van der Waals surface area contributed by atoms with Crippen LogP contribution in [-0.4, -0.2) is 18.8 Å². The van der Waals surface area contributed by atoms with Gasteiger partial charge in [0.05, 0.1) is 13.1 Å². The SMILES string of the molecule is C#CCN.CC12C=CCN=C1CCc1ccccc12. The number of fused-ring (bicyclic) bond motifs is 3. The first kappa shape index (κ1) is 13.6. The van der Waals surface area contributed by atoms with Crippen molar-refractivity contribution in [2.24, 2.45) is 10.7 Å². The van der Waals surface area contributed by atoms with Crippen LogP contribution in [0, 0.1) is 12.3 Å². The van der Waals surface area contributed by atoms with E-state index in [1.807, 2.05) is 0 Å².